The van der Waals surface area contributed by atoms with Gasteiger partial charge in [-0.3, -0.25) is 14.4 Å². The van der Waals surface area contributed by atoms with Crippen LogP contribution in [0.2, 0.25) is 0 Å². The van der Waals surface area contributed by atoms with Gasteiger partial charge in [0.2, 0.25) is 17.5 Å². The number of benzene rings is 2. The maximum absolute atomic E-state index is 14.2. The van der Waals surface area contributed by atoms with Gasteiger partial charge in [-0.2, -0.15) is 0 Å². The molecule has 0 spiro atoms. The van der Waals surface area contributed by atoms with Crippen molar-refractivity contribution < 1.29 is 14.4 Å². The van der Waals surface area contributed by atoms with Crippen molar-refractivity contribution in [2.45, 2.75) is 59.0 Å². The van der Waals surface area contributed by atoms with Crippen molar-refractivity contribution >= 4 is 29.1 Å². The summed E-state index contributed by atoms with van der Waals surface area (Å²) in [6.45, 7) is 11.9. The Morgan fingerprint density at radius 3 is 2.32 bits per heavy atom. The van der Waals surface area contributed by atoms with Crippen LogP contribution < -0.4 is 16.0 Å². The minimum atomic E-state index is -1.55. The highest BCUT2D eigenvalue weighted by Crippen LogP contribution is 2.34. The summed E-state index contributed by atoms with van der Waals surface area (Å²) in [5.74, 6) is -2.46. The SMILES string of the molecule is C=CCC[C@H](C(N)=O)[C@@H](CC(C)C)C(=O)N[C@@]1(CC)N=C(c2ccccc2)c2ccccc2N(CC)C1=O. The van der Waals surface area contributed by atoms with Crippen LogP contribution >= 0.6 is 0 Å². The number of benzodiazepines with no additional fused rings is 1. The van der Waals surface area contributed by atoms with Gasteiger partial charge in [0, 0.05) is 29.5 Å². The number of nitrogens with zero attached hydrogens (tertiary/aromatic N) is 2. The number of carbonyl (C=O) groups excluding carboxylic acids is 3. The number of nitrogens with one attached hydrogen (secondary N) is 1. The first-order valence-electron chi connectivity index (χ1n) is 13.5. The maximum atomic E-state index is 14.2. The lowest BCUT2D eigenvalue weighted by Crippen LogP contribution is -2.60. The summed E-state index contributed by atoms with van der Waals surface area (Å²) in [4.78, 5) is 47.4. The molecular weight excluding hydrogens is 476 g/mol. The van der Waals surface area contributed by atoms with Crippen LogP contribution in [0, 0.1) is 17.8 Å². The number of carbonyl (C=O) groups is 3. The number of hydrogen-bond acceptors (Lipinski definition) is 4. The highest BCUT2D eigenvalue weighted by molar-refractivity contribution is 6.21. The number of aliphatic imine (C=N–C) groups is 1. The molecule has 3 rings (SSSR count). The summed E-state index contributed by atoms with van der Waals surface area (Å²) >= 11 is 0. The Labute approximate surface area is 226 Å². The lowest BCUT2D eigenvalue weighted by atomic mass is 9.81. The fourth-order valence-corrected chi connectivity index (χ4v) is 5.17. The smallest absolute Gasteiger partial charge is 0.275 e. The first-order chi connectivity index (χ1) is 18.2. The van der Waals surface area contributed by atoms with Gasteiger partial charge in [0.15, 0.2) is 0 Å². The highest BCUT2D eigenvalue weighted by Gasteiger charge is 2.46. The summed E-state index contributed by atoms with van der Waals surface area (Å²) in [6.07, 6.45) is 3.39. The van der Waals surface area contributed by atoms with Crippen molar-refractivity contribution in [3.05, 3.63) is 78.4 Å². The Morgan fingerprint density at radius 2 is 1.74 bits per heavy atom. The zero-order valence-corrected chi connectivity index (χ0v) is 22.9. The van der Waals surface area contributed by atoms with Crippen LogP contribution in [-0.4, -0.2) is 35.6 Å². The van der Waals surface area contributed by atoms with Crippen LogP contribution in [0.25, 0.3) is 0 Å². The van der Waals surface area contributed by atoms with E-state index in [0.717, 1.165) is 16.8 Å². The standard InChI is InChI=1S/C31H40N4O3/c1-6-9-17-23(28(32)36)25(20-21(4)5)29(37)34-31(7-2)30(38)35(8-3)26-19-14-13-18-24(26)27(33-31)22-15-11-10-12-16-22/h6,10-16,18-19,21,23,25H,1,7-9,17,20H2,2-5H3,(H2,32,36)(H,34,37)/t23-,25+,31+/m0/s1. The number of rotatable bonds is 12. The van der Waals surface area contributed by atoms with Crippen molar-refractivity contribution in [2.24, 2.45) is 28.5 Å². The number of anilines is 1. The zero-order valence-electron chi connectivity index (χ0n) is 22.9. The molecule has 0 bridgehead atoms. The van der Waals surface area contributed by atoms with Crippen molar-refractivity contribution in [1.29, 1.82) is 0 Å². The number of primary amides is 1. The Kier molecular flexibility index (Phi) is 9.61. The zero-order chi connectivity index (χ0) is 27.9. The molecule has 0 saturated carbocycles. The summed E-state index contributed by atoms with van der Waals surface area (Å²) in [7, 11) is 0. The number of amides is 3. The molecule has 0 saturated heterocycles. The van der Waals surface area contributed by atoms with E-state index in [1.807, 2.05) is 82.3 Å². The molecule has 0 unspecified atom stereocenters. The molecule has 0 fully saturated rings. The fourth-order valence-electron chi connectivity index (χ4n) is 5.17. The number of nitrogens with two attached hydrogens (primary N) is 1. The predicted octanol–water partition coefficient (Wildman–Crippen LogP) is 4.84. The van der Waals surface area contributed by atoms with E-state index in [2.05, 4.69) is 11.9 Å². The van der Waals surface area contributed by atoms with Gasteiger partial charge in [-0.05, 0) is 44.6 Å². The van der Waals surface area contributed by atoms with Crippen LogP contribution in [0.5, 0.6) is 0 Å². The van der Waals surface area contributed by atoms with E-state index in [9.17, 15) is 14.4 Å². The fraction of sp³-hybridized carbons (Fsp3) is 0.419. The van der Waals surface area contributed by atoms with Crippen LogP contribution in [0.15, 0.2) is 72.2 Å². The first kappa shape index (κ1) is 28.8. The van der Waals surface area contributed by atoms with Crippen LogP contribution in [-0.2, 0) is 14.4 Å². The molecule has 3 amide bonds. The summed E-state index contributed by atoms with van der Waals surface area (Å²) in [6, 6.07) is 17.3. The lowest BCUT2D eigenvalue weighted by Gasteiger charge is -2.35. The van der Waals surface area contributed by atoms with E-state index < -0.39 is 23.4 Å². The first-order valence-corrected chi connectivity index (χ1v) is 13.5. The van der Waals surface area contributed by atoms with Crippen LogP contribution in [0.3, 0.4) is 0 Å². The molecule has 3 atom stereocenters. The van der Waals surface area contributed by atoms with E-state index >= 15 is 0 Å². The normalized spacial score (nSPS) is 18.7. The third-order valence-corrected chi connectivity index (χ3v) is 7.15. The average molecular weight is 517 g/mol. The number of para-hydroxylation sites is 1. The van der Waals surface area contributed by atoms with E-state index in [0.29, 0.717) is 31.5 Å². The topological polar surface area (TPSA) is 105 Å². The van der Waals surface area contributed by atoms with E-state index in [4.69, 9.17) is 10.7 Å². The molecule has 2 aromatic carbocycles. The third kappa shape index (κ3) is 6.04. The van der Waals surface area contributed by atoms with Crippen molar-refractivity contribution in [3.8, 4) is 0 Å². The second kappa shape index (κ2) is 12.7. The lowest BCUT2D eigenvalue weighted by molar-refractivity contribution is -0.138. The van der Waals surface area contributed by atoms with Gasteiger partial charge in [0.25, 0.3) is 5.91 Å². The van der Waals surface area contributed by atoms with Gasteiger partial charge < -0.3 is 16.0 Å². The second-order valence-electron chi connectivity index (χ2n) is 10.2. The quantitative estimate of drug-likeness (QED) is 0.394. The van der Waals surface area contributed by atoms with Crippen LogP contribution in [0.4, 0.5) is 5.69 Å². The van der Waals surface area contributed by atoms with Gasteiger partial charge in [-0.25, -0.2) is 4.99 Å². The Morgan fingerprint density at radius 1 is 1.08 bits per heavy atom. The molecule has 0 aromatic heterocycles. The van der Waals surface area contributed by atoms with Gasteiger partial charge >= 0.3 is 0 Å². The monoisotopic (exact) mass is 516 g/mol. The van der Waals surface area contributed by atoms with Gasteiger partial charge in [-0.1, -0.05) is 75.4 Å². The Hall–Kier alpha value is -3.74. The summed E-state index contributed by atoms with van der Waals surface area (Å²) in [5.41, 5.74) is 7.27. The Balaban J connectivity index is 2.17. The number of hydrogen-bond donors (Lipinski definition) is 2. The molecule has 1 aliphatic heterocycles. The van der Waals surface area contributed by atoms with Crippen molar-refractivity contribution in [3.63, 3.8) is 0 Å². The molecule has 0 aliphatic carbocycles. The molecule has 7 nitrogen and oxygen atoms in total. The molecule has 1 aliphatic rings. The molecule has 1 heterocycles. The molecule has 2 aromatic rings. The second-order valence-corrected chi connectivity index (χ2v) is 10.2. The van der Waals surface area contributed by atoms with Gasteiger partial charge in [0.05, 0.1) is 11.4 Å². The molecular formula is C31H40N4O3. The molecule has 0 radical (unpaired) electrons. The molecule has 3 N–H and O–H groups in total. The molecule has 38 heavy (non-hydrogen) atoms. The number of likely N-dealkylation sites (N-methyl/N-ethyl adjacent to an activating group) is 1. The van der Waals surface area contributed by atoms with Crippen LogP contribution in [0.1, 0.15) is 64.5 Å². The van der Waals surface area contributed by atoms with Crippen molar-refractivity contribution in [1.82, 2.24) is 5.32 Å². The highest BCUT2D eigenvalue weighted by atomic mass is 16.2. The van der Waals surface area contributed by atoms with E-state index in [1.54, 1.807) is 11.0 Å². The Bertz CT molecular complexity index is 1190. The van der Waals surface area contributed by atoms with Crippen molar-refractivity contribution in [2.75, 3.05) is 11.4 Å². The number of fused-ring (bicyclic) bond motifs is 1. The molecule has 7 heteroatoms. The minimum Gasteiger partial charge on any atom is -0.369 e. The van der Waals surface area contributed by atoms with Gasteiger partial charge in [-0.15, -0.1) is 6.58 Å². The summed E-state index contributed by atoms with van der Waals surface area (Å²) < 4.78 is 0. The van der Waals surface area contributed by atoms with Gasteiger partial charge in [0.1, 0.15) is 0 Å². The molecule has 202 valence electrons. The maximum Gasteiger partial charge on any atom is 0.275 e. The number of allylic oxidation sites excluding steroid dienone is 1. The minimum absolute atomic E-state index is 0.138. The summed E-state index contributed by atoms with van der Waals surface area (Å²) in [5, 5.41) is 3.04. The largest absolute Gasteiger partial charge is 0.369 e. The van der Waals surface area contributed by atoms with E-state index in [1.165, 1.54) is 0 Å². The third-order valence-electron chi connectivity index (χ3n) is 7.15. The van der Waals surface area contributed by atoms with E-state index in [-0.39, 0.29) is 24.2 Å². The predicted molar refractivity (Wildman–Crippen MR) is 153 cm³/mol. The average Bonchev–Trinajstić information content (AvgIpc) is 3.01.